The van der Waals surface area contributed by atoms with Crippen LogP contribution in [0.4, 0.5) is 0 Å². The molecule has 0 aliphatic rings. The molecular weight excluding hydrogens is 212 g/mol. The number of fused-ring (bicyclic) bond motifs is 1. The van der Waals surface area contributed by atoms with E-state index in [2.05, 4.69) is 41.6 Å². The first kappa shape index (κ1) is 12.1. The summed E-state index contributed by atoms with van der Waals surface area (Å²) in [7, 11) is 0. The third-order valence-electron chi connectivity index (χ3n) is 2.89. The molecular formula is C14H20N2O. The molecule has 3 nitrogen and oxygen atoms in total. The SMILES string of the molecule is CCOCC(C)NCc1c[nH]c2ccccc12. The van der Waals surface area contributed by atoms with Gasteiger partial charge in [-0.3, -0.25) is 0 Å². The molecule has 92 valence electrons. The van der Waals surface area contributed by atoms with Gasteiger partial charge in [-0.2, -0.15) is 0 Å². The topological polar surface area (TPSA) is 37.0 Å². The van der Waals surface area contributed by atoms with Crippen molar-refractivity contribution in [2.24, 2.45) is 0 Å². The Balaban J connectivity index is 1.95. The van der Waals surface area contributed by atoms with Crippen molar-refractivity contribution >= 4 is 10.9 Å². The van der Waals surface area contributed by atoms with Crippen molar-refractivity contribution < 1.29 is 4.74 Å². The lowest BCUT2D eigenvalue weighted by Crippen LogP contribution is -2.29. The van der Waals surface area contributed by atoms with E-state index in [-0.39, 0.29) is 0 Å². The van der Waals surface area contributed by atoms with E-state index < -0.39 is 0 Å². The second-order valence-corrected chi connectivity index (χ2v) is 4.30. The molecule has 0 saturated heterocycles. The fourth-order valence-electron chi connectivity index (χ4n) is 1.92. The summed E-state index contributed by atoms with van der Waals surface area (Å²) in [6.07, 6.45) is 2.07. The molecule has 0 aliphatic carbocycles. The van der Waals surface area contributed by atoms with Gasteiger partial charge in [-0.1, -0.05) is 18.2 Å². The average Bonchev–Trinajstić information content (AvgIpc) is 2.77. The molecule has 0 aliphatic heterocycles. The normalized spacial score (nSPS) is 13.1. The molecule has 0 radical (unpaired) electrons. The van der Waals surface area contributed by atoms with Gasteiger partial charge in [0, 0.05) is 36.3 Å². The summed E-state index contributed by atoms with van der Waals surface area (Å²) in [4.78, 5) is 3.28. The first-order valence-corrected chi connectivity index (χ1v) is 6.17. The van der Waals surface area contributed by atoms with Gasteiger partial charge in [0.2, 0.25) is 0 Å². The Morgan fingerprint density at radius 1 is 1.35 bits per heavy atom. The van der Waals surface area contributed by atoms with Gasteiger partial charge in [0.15, 0.2) is 0 Å². The fourth-order valence-corrected chi connectivity index (χ4v) is 1.92. The van der Waals surface area contributed by atoms with E-state index in [0.717, 1.165) is 19.8 Å². The van der Waals surface area contributed by atoms with Crippen molar-refractivity contribution in [3.05, 3.63) is 36.0 Å². The summed E-state index contributed by atoms with van der Waals surface area (Å²) in [6, 6.07) is 8.75. The number of nitrogens with one attached hydrogen (secondary N) is 2. The number of aromatic amines is 1. The highest BCUT2D eigenvalue weighted by molar-refractivity contribution is 5.82. The quantitative estimate of drug-likeness (QED) is 0.803. The molecule has 17 heavy (non-hydrogen) atoms. The molecule has 2 aromatic rings. The van der Waals surface area contributed by atoms with E-state index in [1.54, 1.807) is 0 Å². The molecule has 1 atom stereocenters. The van der Waals surface area contributed by atoms with E-state index in [9.17, 15) is 0 Å². The van der Waals surface area contributed by atoms with Crippen molar-refractivity contribution in [3.63, 3.8) is 0 Å². The highest BCUT2D eigenvalue weighted by Crippen LogP contribution is 2.17. The zero-order valence-corrected chi connectivity index (χ0v) is 10.5. The molecule has 0 fully saturated rings. The predicted octanol–water partition coefficient (Wildman–Crippen LogP) is 2.68. The minimum Gasteiger partial charge on any atom is -0.380 e. The largest absolute Gasteiger partial charge is 0.380 e. The molecule has 0 spiro atoms. The highest BCUT2D eigenvalue weighted by Gasteiger charge is 2.05. The van der Waals surface area contributed by atoms with E-state index in [1.165, 1.54) is 16.5 Å². The lowest BCUT2D eigenvalue weighted by Gasteiger charge is -2.12. The van der Waals surface area contributed by atoms with Crippen LogP contribution in [0.15, 0.2) is 30.5 Å². The molecule has 0 saturated carbocycles. The van der Waals surface area contributed by atoms with E-state index in [4.69, 9.17) is 4.74 Å². The summed E-state index contributed by atoms with van der Waals surface area (Å²) in [5, 5.41) is 4.76. The number of para-hydroxylation sites is 1. The van der Waals surface area contributed by atoms with Gasteiger partial charge < -0.3 is 15.0 Å². The molecule has 1 aromatic carbocycles. The Hall–Kier alpha value is -1.32. The summed E-state index contributed by atoms with van der Waals surface area (Å²) < 4.78 is 5.38. The molecule has 1 unspecified atom stereocenters. The minimum absolute atomic E-state index is 0.378. The number of aromatic nitrogens is 1. The van der Waals surface area contributed by atoms with Gasteiger partial charge in [0.25, 0.3) is 0 Å². The zero-order chi connectivity index (χ0) is 12.1. The van der Waals surface area contributed by atoms with Crippen LogP contribution in [0.25, 0.3) is 10.9 Å². The van der Waals surface area contributed by atoms with Crippen LogP contribution in [-0.4, -0.2) is 24.2 Å². The number of rotatable bonds is 6. The van der Waals surface area contributed by atoms with Gasteiger partial charge in [0.1, 0.15) is 0 Å². The Kier molecular flexibility index (Phi) is 4.18. The number of benzene rings is 1. The number of hydrogen-bond donors (Lipinski definition) is 2. The van der Waals surface area contributed by atoms with Gasteiger partial charge in [-0.15, -0.1) is 0 Å². The third-order valence-corrected chi connectivity index (χ3v) is 2.89. The standard InChI is InChI=1S/C14H20N2O/c1-3-17-10-11(2)15-8-12-9-16-14-7-5-4-6-13(12)14/h4-7,9,11,15-16H,3,8,10H2,1-2H3. The molecule has 2 rings (SSSR count). The maximum atomic E-state index is 5.38. The van der Waals surface area contributed by atoms with E-state index in [1.807, 2.05) is 13.0 Å². The Morgan fingerprint density at radius 3 is 3.00 bits per heavy atom. The van der Waals surface area contributed by atoms with Crippen molar-refractivity contribution in [1.29, 1.82) is 0 Å². The van der Waals surface area contributed by atoms with Gasteiger partial charge >= 0.3 is 0 Å². The van der Waals surface area contributed by atoms with Crippen molar-refractivity contribution in [2.75, 3.05) is 13.2 Å². The molecule has 3 heteroatoms. The van der Waals surface area contributed by atoms with Gasteiger partial charge in [-0.05, 0) is 25.5 Å². The van der Waals surface area contributed by atoms with Crippen molar-refractivity contribution in [1.82, 2.24) is 10.3 Å². The summed E-state index contributed by atoms with van der Waals surface area (Å²) in [6.45, 7) is 6.58. The Bertz CT molecular complexity index is 464. The second kappa shape index (κ2) is 5.84. The van der Waals surface area contributed by atoms with Crippen LogP contribution in [0.2, 0.25) is 0 Å². The van der Waals surface area contributed by atoms with E-state index in [0.29, 0.717) is 6.04 Å². The average molecular weight is 232 g/mol. The van der Waals surface area contributed by atoms with Crippen LogP contribution in [0.3, 0.4) is 0 Å². The highest BCUT2D eigenvalue weighted by atomic mass is 16.5. The number of hydrogen-bond acceptors (Lipinski definition) is 2. The predicted molar refractivity (Wildman–Crippen MR) is 71.1 cm³/mol. The maximum Gasteiger partial charge on any atom is 0.0616 e. The molecule has 0 bridgehead atoms. The first-order valence-electron chi connectivity index (χ1n) is 6.17. The minimum atomic E-state index is 0.378. The smallest absolute Gasteiger partial charge is 0.0616 e. The number of H-pyrrole nitrogens is 1. The van der Waals surface area contributed by atoms with Crippen LogP contribution in [0, 0.1) is 0 Å². The first-order chi connectivity index (χ1) is 8.31. The summed E-state index contributed by atoms with van der Waals surface area (Å²) >= 11 is 0. The van der Waals surface area contributed by atoms with Crippen LogP contribution in [0.1, 0.15) is 19.4 Å². The van der Waals surface area contributed by atoms with Crippen LogP contribution < -0.4 is 5.32 Å². The maximum absolute atomic E-state index is 5.38. The van der Waals surface area contributed by atoms with Crippen LogP contribution in [0.5, 0.6) is 0 Å². The monoisotopic (exact) mass is 232 g/mol. The molecule has 0 amide bonds. The van der Waals surface area contributed by atoms with Crippen molar-refractivity contribution in [2.45, 2.75) is 26.4 Å². The second-order valence-electron chi connectivity index (χ2n) is 4.30. The number of ether oxygens (including phenoxy) is 1. The Morgan fingerprint density at radius 2 is 2.18 bits per heavy atom. The lowest BCUT2D eigenvalue weighted by atomic mass is 10.1. The third kappa shape index (κ3) is 3.08. The summed E-state index contributed by atoms with van der Waals surface area (Å²) in [5.41, 5.74) is 2.51. The summed E-state index contributed by atoms with van der Waals surface area (Å²) in [5.74, 6) is 0. The molecule has 1 heterocycles. The molecule has 1 aromatic heterocycles. The van der Waals surface area contributed by atoms with Crippen LogP contribution in [-0.2, 0) is 11.3 Å². The lowest BCUT2D eigenvalue weighted by molar-refractivity contribution is 0.127. The van der Waals surface area contributed by atoms with Gasteiger partial charge in [-0.25, -0.2) is 0 Å². The van der Waals surface area contributed by atoms with Crippen LogP contribution >= 0.6 is 0 Å². The van der Waals surface area contributed by atoms with Gasteiger partial charge in [0.05, 0.1) is 6.61 Å². The zero-order valence-electron chi connectivity index (χ0n) is 10.5. The van der Waals surface area contributed by atoms with E-state index >= 15 is 0 Å². The molecule has 2 N–H and O–H groups in total. The fraction of sp³-hybridized carbons (Fsp3) is 0.429. The Labute approximate surface area is 102 Å². The van der Waals surface area contributed by atoms with Crippen molar-refractivity contribution in [3.8, 4) is 0 Å².